The molecule has 2 amide bonds. The fourth-order valence-corrected chi connectivity index (χ4v) is 6.59. The normalized spacial score (nSPS) is 11.8. The van der Waals surface area contributed by atoms with Gasteiger partial charge in [0.15, 0.2) is 0 Å². The van der Waals surface area contributed by atoms with Gasteiger partial charge in [-0.25, -0.2) is 8.42 Å². The van der Waals surface area contributed by atoms with E-state index in [0.717, 1.165) is 21.0 Å². The zero-order chi connectivity index (χ0) is 31.7. The van der Waals surface area contributed by atoms with E-state index in [4.69, 9.17) is 16.3 Å². The van der Waals surface area contributed by atoms with Gasteiger partial charge < -0.3 is 15.0 Å². The van der Waals surface area contributed by atoms with Gasteiger partial charge in [0, 0.05) is 19.5 Å². The average molecular weight is 634 g/mol. The fraction of sp³-hybridized carbons (Fsp3) is 0.235. The Labute approximate surface area is 264 Å². The predicted molar refractivity (Wildman–Crippen MR) is 173 cm³/mol. The zero-order valence-corrected chi connectivity index (χ0v) is 26.5. The molecule has 0 heterocycles. The van der Waals surface area contributed by atoms with Gasteiger partial charge in [0.1, 0.15) is 18.3 Å². The second-order valence-corrected chi connectivity index (χ2v) is 12.5. The van der Waals surface area contributed by atoms with Crippen molar-refractivity contribution >= 4 is 39.1 Å². The minimum Gasteiger partial charge on any atom is -0.495 e. The molecule has 1 N–H and O–H groups in total. The first-order valence-corrected chi connectivity index (χ1v) is 16.0. The number of amides is 2. The maximum absolute atomic E-state index is 14.4. The van der Waals surface area contributed by atoms with Crippen LogP contribution in [0.3, 0.4) is 0 Å². The number of nitrogens with zero attached hydrogens (tertiary/aromatic N) is 2. The quantitative estimate of drug-likeness (QED) is 0.206. The number of ether oxygens (including phenoxy) is 1. The molecule has 1 atom stereocenters. The van der Waals surface area contributed by atoms with Gasteiger partial charge in [-0.05, 0) is 55.3 Å². The van der Waals surface area contributed by atoms with Crippen LogP contribution in [-0.4, -0.2) is 51.4 Å². The Morgan fingerprint density at radius 1 is 0.886 bits per heavy atom. The number of hydrogen-bond donors (Lipinski definition) is 1. The van der Waals surface area contributed by atoms with Crippen molar-refractivity contribution < 1.29 is 22.7 Å². The first-order chi connectivity index (χ1) is 21.1. The summed E-state index contributed by atoms with van der Waals surface area (Å²) < 4.78 is 34.4. The van der Waals surface area contributed by atoms with Crippen molar-refractivity contribution in [1.82, 2.24) is 10.2 Å². The predicted octanol–water partition coefficient (Wildman–Crippen LogP) is 5.63. The molecule has 4 rings (SSSR count). The standard InChI is InChI=1S/C34H36ClN3O5S/c1-4-36-34(40)31(21-26-13-7-5-8-14-26)37(23-27-15-11-12-25(2)20-27)33(39)24-38(28-18-19-32(43-3)30(35)22-28)44(41,42)29-16-9-6-10-17-29/h5-20,22,31H,4,21,23-24H2,1-3H3,(H,36,40)/t31-/m1/s1. The Morgan fingerprint density at radius 2 is 1.55 bits per heavy atom. The number of halogens is 1. The summed E-state index contributed by atoms with van der Waals surface area (Å²) in [7, 11) is -2.77. The summed E-state index contributed by atoms with van der Waals surface area (Å²) in [4.78, 5) is 29.5. The maximum atomic E-state index is 14.4. The SMILES string of the molecule is CCNC(=O)[C@@H](Cc1ccccc1)N(Cc1cccc(C)c1)C(=O)CN(c1ccc(OC)c(Cl)c1)S(=O)(=O)c1ccccc1. The number of carbonyl (C=O) groups excluding carboxylic acids is 2. The van der Waals surface area contributed by atoms with E-state index in [-0.39, 0.29) is 34.5 Å². The molecule has 10 heteroatoms. The summed E-state index contributed by atoms with van der Waals surface area (Å²) in [6.07, 6.45) is 0.240. The number of likely N-dealkylation sites (N-methyl/N-ethyl adjacent to an activating group) is 1. The molecule has 44 heavy (non-hydrogen) atoms. The van der Waals surface area contributed by atoms with Crippen LogP contribution in [0.2, 0.25) is 5.02 Å². The molecule has 4 aromatic rings. The molecule has 0 saturated carbocycles. The number of benzene rings is 4. The molecular weight excluding hydrogens is 598 g/mol. The van der Waals surface area contributed by atoms with Crippen LogP contribution >= 0.6 is 11.6 Å². The van der Waals surface area contributed by atoms with E-state index in [1.165, 1.54) is 36.3 Å². The minimum absolute atomic E-state index is 0.00883. The van der Waals surface area contributed by atoms with Crippen LogP contribution in [0.5, 0.6) is 5.75 Å². The molecule has 0 fully saturated rings. The van der Waals surface area contributed by atoms with E-state index in [0.29, 0.717) is 12.3 Å². The van der Waals surface area contributed by atoms with Gasteiger partial charge in [-0.2, -0.15) is 0 Å². The Hall–Kier alpha value is -4.34. The molecule has 4 aromatic carbocycles. The summed E-state index contributed by atoms with van der Waals surface area (Å²) >= 11 is 6.41. The molecule has 230 valence electrons. The summed E-state index contributed by atoms with van der Waals surface area (Å²) in [5, 5.41) is 3.05. The summed E-state index contributed by atoms with van der Waals surface area (Å²) in [5.74, 6) is -0.522. The molecule has 0 aliphatic rings. The topological polar surface area (TPSA) is 96.0 Å². The summed E-state index contributed by atoms with van der Waals surface area (Å²) in [5.41, 5.74) is 2.85. The van der Waals surface area contributed by atoms with Gasteiger partial charge >= 0.3 is 0 Å². The first-order valence-electron chi connectivity index (χ1n) is 14.2. The lowest BCUT2D eigenvalue weighted by Crippen LogP contribution is -2.53. The van der Waals surface area contributed by atoms with Gasteiger partial charge in [0.05, 0.1) is 22.7 Å². The Kier molecular flexibility index (Phi) is 11.0. The largest absolute Gasteiger partial charge is 0.495 e. The van der Waals surface area contributed by atoms with Gasteiger partial charge in [-0.1, -0.05) is 90.0 Å². The van der Waals surface area contributed by atoms with Crippen LogP contribution in [0.4, 0.5) is 5.69 Å². The van der Waals surface area contributed by atoms with E-state index >= 15 is 0 Å². The van der Waals surface area contributed by atoms with Crippen LogP contribution in [-0.2, 0) is 32.6 Å². The Bertz CT molecular complexity index is 1680. The number of methoxy groups -OCH3 is 1. The smallest absolute Gasteiger partial charge is 0.264 e. The van der Waals surface area contributed by atoms with Crippen molar-refractivity contribution in [3.8, 4) is 5.75 Å². The first kappa shape index (κ1) is 32.6. The van der Waals surface area contributed by atoms with E-state index in [1.54, 1.807) is 24.3 Å². The number of rotatable bonds is 13. The zero-order valence-electron chi connectivity index (χ0n) is 24.9. The summed E-state index contributed by atoms with van der Waals surface area (Å²) in [6.45, 7) is 3.65. The molecule has 0 bridgehead atoms. The van der Waals surface area contributed by atoms with Crippen molar-refractivity contribution in [2.45, 2.75) is 37.8 Å². The molecule has 8 nitrogen and oxygen atoms in total. The second kappa shape index (κ2) is 14.9. The van der Waals surface area contributed by atoms with Crippen molar-refractivity contribution in [1.29, 1.82) is 0 Å². The van der Waals surface area contributed by atoms with E-state index in [2.05, 4.69) is 5.32 Å². The molecule has 0 spiro atoms. The third kappa shape index (κ3) is 7.98. The third-order valence-electron chi connectivity index (χ3n) is 7.09. The van der Waals surface area contributed by atoms with Gasteiger partial charge in [-0.3, -0.25) is 13.9 Å². The number of aryl methyl sites for hydroxylation is 1. The van der Waals surface area contributed by atoms with Crippen LogP contribution in [0.15, 0.2) is 108 Å². The lowest BCUT2D eigenvalue weighted by molar-refractivity contribution is -0.140. The number of anilines is 1. The number of sulfonamides is 1. The van der Waals surface area contributed by atoms with Crippen molar-refractivity contribution in [3.05, 3.63) is 125 Å². The highest BCUT2D eigenvalue weighted by Crippen LogP contribution is 2.32. The van der Waals surface area contributed by atoms with Crippen LogP contribution < -0.4 is 14.4 Å². The third-order valence-corrected chi connectivity index (χ3v) is 9.17. The highest BCUT2D eigenvalue weighted by Gasteiger charge is 2.34. The van der Waals surface area contributed by atoms with Crippen LogP contribution in [0.25, 0.3) is 0 Å². The fourth-order valence-electron chi connectivity index (χ4n) is 4.91. The van der Waals surface area contributed by atoms with E-state index < -0.39 is 28.5 Å². The molecule has 0 aromatic heterocycles. The molecular formula is C34H36ClN3O5S. The lowest BCUT2D eigenvalue weighted by Gasteiger charge is -2.34. The minimum atomic E-state index is -4.23. The number of nitrogens with one attached hydrogen (secondary N) is 1. The molecule has 0 aliphatic carbocycles. The van der Waals surface area contributed by atoms with Crippen LogP contribution in [0.1, 0.15) is 23.6 Å². The maximum Gasteiger partial charge on any atom is 0.264 e. The highest BCUT2D eigenvalue weighted by molar-refractivity contribution is 7.92. The van der Waals surface area contributed by atoms with Crippen LogP contribution in [0, 0.1) is 6.92 Å². The van der Waals surface area contributed by atoms with E-state index in [1.807, 2.05) is 68.4 Å². The number of carbonyl (C=O) groups is 2. The number of hydrogen-bond acceptors (Lipinski definition) is 5. The average Bonchev–Trinajstić information content (AvgIpc) is 3.02. The Balaban J connectivity index is 1.81. The van der Waals surface area contributed by atoms with Gasteiger partial charge in [0.2, 0.25) is 11.8 Å². The molecule has 0 radical (unpaired) electrons. The molecule has 0 aliphatic heterocycles. The molecule has 0 unspecified atom stereocenters. The van der Waals surface area contributed by atoms with E-state index in [9.17, 15) is 18.0 Å². The van der Waals surface area contributed by atoms with Crippen molar-refractivity contribution in [3.63, 3.8) is 0 Å². The highest BCUT2D eigenvalue weighted by atomic mass is 35.5. The van der Waals surface area contributed by atoms with Crippen molar-refractivity contribution in [2.24, 2.45) is 0 Å². The van der Waals surface area contributed by atoms with Gasteiger partial charge in [0.25, 0.3) is 10.0 Å². The lowest BCUT2D eigenvalue weighted by atomic mass is 10.0. The summed E-state index contributed by atoms with van der Waals surface area (Å²) in [6, 6.07) is 28.6. The van der Waals surface area contributed by atoms with Gasteiger partial charge in [-0.15, -0.1) is 0 Å². The Morgan fingerprint density at radius 3 is 2.16 bits per heavy atom. The monoisotopic (exact) mass is 633 g/mol. The van der Waals surface area contributed by atoms with Crippen molar-refractivity contribution in [2.75, 3.05) is 24.5 Å². The second-order valence-electron chi connectivity index (χ2n) is 10.3. The molecule has 0 saturated heterocycles.